The Kier molecular flexibility index (Phi) is 14.3. The summed E-state index contributed by atoms with van der Waals surface area (Å²) in [6.45, 7) is 13.4. The van der Waals surface area contributed by atoms with E-state index in [0.29, 0.717) is 12.8 Å². The predicted octanol–water partition coefficient (Wildman–Crippen LogP) is 4.47. The number of aromatic carboxylic acids is 2. The van der Waals surface area contributed by atoms with Gasteiger partial charge in [-0.15, -0.1) is 0 Å². The minimum atomic E-state index is -1.23. The van der Waals surface area contributed by atoms with E-state index in [9.17, 15) is 19.2 Å². The van der Waals surface area contributed by atoms with Crippen LogP contribution < -0.4 is 0 Å². The van der Waals surface area contributed by atoms with Crippen LogP contribution in [0, 0.1) is 0 Å². The second kappa shape index (κ2) is 14.5. The Hall–Kier alpha value is -2.51. The van der Waals surface area contributed by atoms with Crippen molar-refractivity contribution in [1.82, 2.24) is 0 Å². The molecular formula is C20H34O9Si2. The largest absolute Gasteiger partial charge is 0.481 e. The fraction of sp³-hybridized carbons (Fsp3) is 0.500. The van der Waals surface area contributed by atoms with E-state index in [1.54, 1.807) is 0 Å². The number of benzene rings is 1. The van der Waals surface area contributed by atoms with Gasteiger partial charge in [-0.3, -0.25) is 9.59 Å². The molecule has 1 aromatic rings. The first-order valence-electron chi connectivity index (χ1n) is 9.65. The molecule has 0 atom stereocenters. The maximum Gasteiger partial charge on any atom is 0.335 e. The minimum Gasteiger partial charge on any atom is -0.481 e. The van der Waals surface area contributed by atoms with Gasteiger partial charge >= 0.3 is 23.9 Å². The summed E-state index contributed by atoms with van der Waals surface area (Å²) in [5.74, 6) is -3.87. The molecule has 1 rings (SSSR count). The fourth-order valence-electron chi connectivity index (χ4n) is 2.23. The lowest BCUT2D eigenvalue weighted by Crippen LogP contribution is -2.39. The second-order valence-corrected chi connectivity index (χ2v) is 17.8. The Bertz CT molecular complexity index is 657. The van der Waals surface area contributed by atoms with Crippen LogP contribution in [0.4, 0.5) is 0 Å². The van der Waals surface area contributed by atoms with E-state index in [-0.39, 0.29) is 24.0 Å². The lowest BCUT2D eigenvalue weighted by Gasteiger charge is -2.27. The lowest BCUT2D eigenvalue weighted by molar-refractivity contribution is -0.139. The first-order valence-corrected chi connectivity index (χ1v) is 16.5. The number of carboxylic acids is 4. The summed E-state index contributed by atoms with van der Waals surface area (Å²) in [5, 5.41) is 33.2. The van der Waals surface area contributed by atoms with E-state index >= 15 is 0 Å². The van der Waals surface area contributed by atoms with Crippen molar-refractivity contribution in [2.24, 2.45) is 0 Å². The number of unbranched alkanes of at least 4 members (excludes halogenated alkanes) is 1. The predicted molar refractivity (Wildman–Crippen MR) is 122 cm³/mol. The Morgan fingerprint density at radius 2 is 0.903 bits per heavy atom. The highest BCUT2D eigenvalue weighted by molar-refractivity contribution is 6.83. The van der Waals surface area contributed by atoms with Gasteiger partial charge in [-0.05, 0) is 76.4 Å². The Balaban J connectivity index is 0. The molecule has 11 heteroatoms. The van der Waals surface area contributed by atoms with E-state index in [4.69, 9.17) is 24.5 Å². The number of carboxylic acid groups (broad SMARTS) is 4. The third-order valence-electron chi connectivity index (χ3n) is 3.02. The van der Waals surface area contributed by atoms with Crippen LogP contribution in [0.5, 0.6) is 0 Å². The maximum absolute atomic E-state index is 10.3. The van der Waals surface area contributed by atoms with Crippen LogP contribution in [0.3, 0.4) is 0 Å². The summed E-state index contributed by atoms with van der Waals surface area (Å²) in [4.78, 5) is 40.5. The number of rotatable bonds is 9. The van der Waals surface area contributed by atoms with E-state index in [1.165, 1.54) is 24.3 Å². The van der Waals surface area contributed by atoms with Gasteiger partial charge < -0.3 is 24.5 Å². The van der Waals surface area contributed by atoms with E-state index in [0.717, 1.165) is 0 Å². The molecule has 9 nitrogen and oxygen atoms in total. The molecule has 31 heavy (non-hydrogen) atoms. The number of hydrogen-bond donors (Lipinski definition) is 4. The Labute approximate surface area is 184 Å². The van der Waals surface area contributed by atoms with Crippen LogP contribution in [0.2, 0.25) is 39.3 Å². The molecule has 176 valence electrons. The standard InChI is InChI=1S/C8H6O4.C6H10O4.C6H18OSi2/c9-7(10)5-1-2-6(4-3-5)8(11)12;7-5(8)3-1-2-4-6(9)10;1-8(2,3)7-9(4,5)6/h1-4H,(H,9,10)(H,11,12);1-4H2,(H,7,8)(H,9,10);1-6H3. The summed E-state index contributed by atoms with van der Waals surface area (Å²) in [6.07, 6.45) is 1.02. The molecule has 0 aliphatic rings. The van der Waals surface area contributed by atoms with Crippen LogP contribution in [0.25, 0.3) is 0 Å². The third-order valence-corrected chi connectivity index (χ3v) is 7.92. The van der Waals surface area contributed by atoms with Crippen LogP contribution >= 0.6 is 0 Å². The summed E-state index contributed by atoms with van der Waals surface area (Å²) in [7, 11) is -2.46. The summed E-state index contributed by atoms with van der Waals surface area (Å²) < 4.78 is 5.90. The van der Waals surface area contributed by atoms with Crippen molar-refractivity contribution in [2.45, 2.75) is 65.0 Å². The van der Waals surface area contributed by atoms with Crippen molar-refractivity contribution >= 4 is 40.5 Å². The molecule has 0 unspecified atom stereocenters. The number of carbonyl (C=O) groups is 4. The van der Waals surface area contributed by atoms with E-state index in [1.807, 2.05) is 0 Å². The quantitative estimate of drug-likeness (QED) is 0.299. The number of hydrogen-bond acceptors (Lipinski definition) is 5. The average Bonchev–Trinajstić information content (AvgIpc) is 2.56. The van der Waals surface area contributed by atoms with Gasteiger partial charge in [0.05, 0.1) is 11.1 Å². The molecule has 0 aliphatic carbocycles. The van der Waals surface area contributed by atoms with Crippen molar-refractivity contribution in [3.05, 3.63) is 35.4 Å². The van der Waals surface area contributed by atoms with Gasteiger partial charge in [0.2, 0.25) is 0 Å². The topological polar surface area (TPSA) is 158 Å². The van der Waals surface area contributed by atoms with Crippen LogP contribution in [0.1, 0.15) is 46.4 Å². The molecule has 0 saturated carbocycles. The van der Waals surface area contributed by atoms with Crippen molar-refractivity contribution in [2.75, 3.05) is 0 Å². The third kappa shape index (κ3) is 22.0. The molecule has 0 heterocycles. The van der Waals surface area contributed by atoms with Crippen LogP contribution in [-0.4, -0.2) is 60.9 Å². The smallest absolute Gasteiger partial charge is 0.335 e. The van der Waals surface area contributed by atoms with Crippen molar-refractivity contribution in [3.8, 4) is 0 Å². The maximum atomic E-state index is 10.3. The molecule has 1 aromatic carbocycles. The zero-order valence-electron chi connectivity index (χ0n) is 19.0. The molecule has 0 saturated heterocycles. The Morgan fingerprint density at radius 1 is 0.645 bits per heavy atom. The van der Waals surface area contributed by atoms with Gasteiger partial charge in [-0.2, -0.15) is 0 Å². The van der Waals surface area contributed by atoms with Crippen molar-refractivity contribution in [1.29, 1.82) is 0 Å². The molecular weight excluding hydrogens is 440 g/mol. The van der Waals surface area contributed by atoms with E-state index < -0.39 is 40.5 Å². The number of aliphatic carboxylic acids is 2. The molecule has 0 bridgehead atoms. The molecule has 0 fully saturated rings. The minimum absolute atomic E-state index is 0.0628. The monoisotopic (exact) mass is 474 g/mol. The van der Waals surface area contributed by atoms with E-state index in [2.05, 4.69) is 39.3 Å². The summed E-state index contributed by atoms with van der Waals surface area (Å²) >= 11 is 0. The van der Waals surface area contributed by atoms with Crippen LogP contribution in [0.15, 0.2) is 24.3 Å². The molecule has 0 amide bonds. The van der Waals surface area contributed by atoms with Crippen molar-refractivity contribution < 1.29 is 43.7 Å². The van der Waals surface area contributed by atoms with Gasteiger partial charge in [-0.25, -0.2) is 9.59 Å². The normalized spacial score (nSPS) is 10.6. The summed E-state index contributed by atoms with van der Waals surface area (Å²) in [6, 6.07) is 5.02. The van der Waals surface area contributed by atoms with Gasteiger partial charge in [0.15, 0.2) is 16.6 Å². The zero-order chi connectivity index (χ0) is 24.8. The van der Waals surface area contributed by atoms with Gasteiger partial charge in [0.25, 0.3) is 0 Å². The van der Waals surface area contributed by atoms with Crippen molar-refractivity contribution in [3.63, 3.8) is 0 Å². The van der Waals surface area contributed by atoms with Crippen LogP contribution in [-0.2, 0) is 13.7 Å². The molecule has 0 radical (unpaired) electrons. The Morgan fingerprint density at radius 3 is 1.03 bits per heavy atom. The van der Waals surface area contributed by atoms with Gasteiger partial charge in [0, 0.05) is 12.8 Å². The second-order valence-electron chi connectivity index (χ2n) is 8.51. The zero-order valence-corrected chi connectivity index (χ0v) is 21.0. The molecule has 0 aromatic heterocycles. The lowest BCUT2D eigenvalue weighted by atomic mass is 10.1. The summed E-state index contributed by atoms with van der Waals surface area (Å²) in [5.41, 5.74) is 0.167. The average molecular weight is 475 g/mol. The SMILES string of the molecule is C[Si](C)(C)O[Si](C)(C)C.O=C(O)CCCCC(=O)O.O=C(O)c1ccc(C(=O)O)cc1. The highest BCUT2D eigenvalue weighted by atomic mass is 28.4. The molecule has 0 aliphatic heterocycles. The first kappa shape index (κ1) is 30.7. The first-order chi connectivity index (χ1) is 13.9. The molecule has 0 spiro atoms. The highest BCUT2D eigenvalue weighted by Crippen LogP contribution is 2.12. The highest BCUT2D eigenvalue weighted by Gasteiger charge is 2.24. The van der Waals surface area contributed by atoms with Gasteiger partial charge in [-0.1, -0.05) is 0 Å². The molecule has 4 N–H and O–H groups in total. The fourth-order valence-corrected chi connectivity index (χ4v) is 9.57. The van der Waals surface area contributed by atoms with Gasteiger partial charge in [0.1, 0.15) is 0 Å².